The maximum atomic E-state index is 11.1. The normalized spacial score (nSPS) is 12.1. The first-order valence-electron chi connectivity index (χ1n) is 7.64. The van der Waals surface area contributed by atoms with Crippen molar-refractivity contribution in [1.82, 2.24) is 9.55 Å². The number of benzene rings is 2. The van der Waals surface area contributed by atoms with Crippen LogP contribution in [0.15, 0.2) is 60.9 Å². The lowest BCUT2D eigenvalue weighted by atomic mass is 9.96. The van der Waals surface area contributed by atoms with Crippen LogP contribution in [0.2, 0.25) is 10.0 Å². The third-order valence-corrected chi connectivity index (χ3v) is 4.70. The molecule has 122 valence electrons. The molecule has 1 atom stereocenters. The van der Waals surface area contributed by atoms with Crippen LogP contribution in [-0.4, -0.2) is 15.8 Å². The van der Waals surface area contributed by atoms with Crippen molar-refractivity contribution in [2.24, 2.45) is 0 Å². The van der Waals surface area contributed by atoms with Gasteiger partial charge < -0.3 is 9.36 Å². The summed E-state index contributed by atoms with van der Waals surface area (Å²) in [5, 5.41) is 1.01. The average molecular weight is 359 g/mol. The predicted octanol–water partition coefficient (Wildman–Crippen LogP) is 5.23. The molecule has 0 aliphatic heterocycles. The van der Waals surface area contributed by atoms with Crippen molar-refractivity contribution in [3.8, 4) is 11.4 Å². The highest BCUT2D eigenvalue weighted by atomic mass is 35.5. The first-order valence-corrected chi connectivity index (χ1v) is 8.39. The first kappa shape index (κ1) is 16.7. The van der Waals surface area contributed by atoms with E-state index in [-0.39, 0.29) is 5.92 Å². The van der Waals surface area contributed by atoms with Gasteiger partial charge in [0, 0.05) is 36.8 Å². The quantitative estimate of drug-likeness (QED) is 0.565. The second-order valence-electron chi connectivity index (χ2n) is 5.54. The summed E-state index contributed by atoms with van der Waals surface area (Å²) in [6, 6.07) is 15.5. The lowest BCUT2D eigenvalue weighted by Gasteiger charge is -2.18. The molecule has 0 amide bonds. The molecule has 3 aromatic rings. The van der Waals surface area contributed by atoms with Gasteiger partial charge in [-0.2, -0.15) is 0 Å². The van der Waals surface area contributed by atoms with Gasteiger partial charge in [0.15, 0.2) is 0 Å². The predicted molar refractivity (Wildman–Crippen MR) is 97.5 cm³/mol. The number of nitrogens with zero attached hydrogens (tertiary/aromatic N) is 2. The second-order valence-corrected chi connectivity index (χ2v) is 6.36. The summed E-state index contributed by atoms with van der Waals surface area (Å²) in [6.07, 6.45) is 5.05. The van der Waals surface area contributed by atoms with Crippen LogP contribution in [0.1, 0.15) is 17.9 Å². The molecule has 0 saturated carbocycles. The summed E-state index contributed by atoms with van der Waals surface area (Å²) in [5.74, 6) is 0.889. The molecule has 2 aromatic carbocycles. The Morgan fingerprint density at radius 3 is 2.58 bits per heavy atom. The molecule has 0 spiro atoms. The molecule has 0 saturated heterocycles. The van der Waals surface area contributed by atoms with Crippen molar-refractivity contribution >= 4 is 29.5 Å². The summed E-state index contributed by atoms with van der Waals surface area (Å²) < 4.78 is 2.06. The summed E-state index contributed by atoms with van der Waals surface area (Å²) in [5.41, 5.74) is 2.03. The summed E-state index contributed by atoms with van der Waals surface area (Å²) >= 11 is 12.1. The SMILES string of the molecule is O=CCC(Cn1ccnc1-c1ccccc1)c1ccc(Cl)c(Cl)c1. The first-order chi connectivity index (χ1) is 11.7. The zero-order valence-electron chi connectivity index (χ0n) is 12.9. The zero-order chi connectivity index (χ0) is 16.9. The molecule has 0 aliphatic rings. The van der Waals surface area contributed by atoms with E-state index in [1.54, 1.807) is 12.3 Å². The van der Waals surface area contributed by atoms with Crippen LogP contribution in [0.25, 0.3) is 11.4 Å². The van der Waals surface area contributed by atoms with E-state index in [9.17, 15) is 4.79 Å². The van der Waals surface area contributed by atoms with Crippen molar-refractivity contribution in [3.63, 3.8) is 0 Å². The highest BCUT2D eigenvalue weighted by molar-refractivity contribution is 6.42. The molecule has 3 rings (SSSR count). The van der Waals surface area contributed by atoms with E-state index < -0.39 is 0 Å². The van der Waals surface area contributed by atoms with E-state index in [1.807, 2.05) is 48.7 Å². The largest absolute Gasteiger partial charge is 0.330 e. The summed E-state index contributed by atoms with van der Waals surface area (Å²) in [6.45, 7) is 0.640. The van der Waals surface area contributed by atoms with E-state index in [0.717, 1.165) is 23.2 Å². The Balaban J connectivity index is 1.91. The number of carbonyl (C=O) groups excluding carboxylic acids is 1. The van der Waals surface area contributed by atoms with Crippen LogP contribution in [0, 0.1) is 0 Å². The van der Waals surface area contributed by atoms with E-state index in [1.165, 1.54) is 0 Å². The van der Waals surface area contributed by atoms with Crippen molar-refractivity contribution < 1.29 is 4.79 Å². The van der Waals surface area contributed by atoms with Gasteiger partial charge in [0.2, 0.25) is 0 Å². The van der Waals surface area contributed by atoms with Gasteiger partial charge in [-0.25, -0.2) is 4.98 Å². The standard InChI is InChI=1S/C19H16Cl2N2O/c20-17-7-6-15(12-18(17)21)16(8-11-24)13-23-10-9-22-19(23)14-4-2-1-3-5-14/h1-7,9-12,16H,8,13H2. The molecular weight excluding hydrogens is 343 g/mol. The van der Waals surface area contributed by atoms with Crippen LogP contribution in [-0.2, 0) is 11.3 Å². The van der Waals surface area contributed by atoms with Gasteiger partial charge in [-0.15, -0.1) is 0 Å². The van der Waals surface area contributed by atoms with Crippen molar-refractivity contribution in [1.29, 1.82) is 0 Å². The number of imidazole rings is 1. The fourth-order valence-corrected chi connectivity index (χ4v) is 3.05. The Morgan fingerprint density at radius 2 is 1.88 bits per heavy atom. The van der Waals surface area contributed by atoms with Gasteiger partial charge in [-0.05, 0) is 17.7 Å². The van der Waals surface area contributed by atoms with Crippen LogP contribution in [0.5, 0.6) is 0 Å². The van der Waals surface area contributed by atoms with Crippen LogP contribution >= 0.6 is 23.2 Å². The number of carbonyl (C=O) groups is 1. The molecule has 1 aromatic heterocycles. The van der Waals surface area contributed by atoms with Crippen LogP contribution in [0.3, 0.4) is 0 Å². The highest BCUT2D eigenvalue weighted by Gasteiger charge is 2.16. The summed E-state index contributed by atoms with van der Waals surface area (Å²) in [4.78, 5) is 15.6. The molecule has 0 aliphatic carbocycles. The molecular formula is C19H16Cl2N2O. The van der Waals surface area contributed by atoms with E-state index >= 15 is 0 Å². The average Bonchev–Trinajstić information content (AvgIpc) is 3.06. The van der Waals surface area contributed by atoms with Gasteiger partial charge in [0.1, 0.15) is 12.1 Å². The molecule has 1 heterocycles. The van der Waals surface area contributed by atoms with Gasteiger partial charge in [-0.1, -0.05) is 59.6 Å². The third-order valence-electron chi connectivity index (χ3n) is 3.96. The van der Waals surface area contributed by atoms with Gasteiger partial charge in [0.05, 0.1) is 10.0 Å². The minimum atomic E-state index is 0.00827. The van der Waals surface area contributed by atoms with E-state index in [0.29, 0.717) is 23.0 Å². The minimum absolute atomic E-state index is 0.00827. The maximum Gasteiger partial charge on any atom is 0.139 e. The third kappa shape index (κ3) is 3.69. The Bertz CT molecular complexity index is 830. The maximum absolute atomic E-state index is 11.1. The fraction of sp³-hybridized carbons (Fsp3) is 0.158. The molecule has 0 bridgehead atoms. The minimum Gasteiger partial charge on any atom is -0.330 e. The second kappa shape index (κ2) is 7.65. The Labute approximate surface area is 150 Å². The number of hydrogen-bond acceptors (Lipinski definition) is 2. The van der Waals surface area contributed by atoms with E-state index in [4.69, 9.17) is 23.2 Å². The zero-order valence-corrected chi connectivity index (χ0v) is 14.4. The summed E-state index contributed by atoms with van der Waals surface area (Å²) in [7, 11) is 0. The van der Waals surface area contributed by atoms with Gasteiger partial charge in [0.25, 0.3) is 0 Å². The highest BCUT2D eigenvalue weighted by Crippen LogP contribution is 2.30. The Hall–Kier alpha value is -2.10. The molecule has 24 heavy (non-hydrogen) atoms. The lowest BCUT2D eigenvalue weighted by molar-refractivity contribution is -0.108. The Morgan fingerprint density at radius 1 is 1.08 bits per heavy atom. The molecule has 1 unspecified atom stereocenters. The number of aromatic nitrogens is 2. The number of halogens is 2. The van der Waals surface area contributed by atoms with Gasteiger partial charge >= 0.3 is 0 Å². The monoisotopic (exact) mass is 358 g/mol. The molecule has 3 nitrogen and oxygen atoms in total. The molecule has 0 radical (unpaired) electrons. The number of aldehydes is 1. The number of rotatable bonds is 6. The van der Waals surface area contributed by atoms with Crippen LogP contribution in [0.4, 0.5) is 0 Å². The fourth-order valence-electron chi connectivity index (χ4n) is 2.74. The van der Waals surface area contributed by atoms with Gasteiger partial charge in [-0.3, -0.25) is 0 Å². The van der Waals surface area contributed by atoms with Crippen molar-refractivity contribution in [3.05, 3.63) is 76.5 Å². The van der Waals surface area contributed by atoms with Crippen LogP contribution < -0.4 is 0 Å². The topological polar surface area (TPSA) is 34.9 Å². The van der Waals surface area contributed by atoms with E-state index in [2.05, 4.69) is 9.55 Å². The van der Waals surface area contributed by atoms with Crippen molar-refractivity contribution in [2.75, 3.05) is 0 Å². The molecule has 0 N–H and O–H groups in total. The van der Waals surface area contributed by atoms with Crippen molar-refractivity contribution in [2.45, 2.75) is 18.9 Å². The Kier molecular flexibility index (Phi) is 5.34. The number of hydrogen-bond donors (Lipinski definition) is 0. The molecule has 5 heteroatoms. The lowest BCUT2D eigenvalue weighted by Crippen LogP contribution is -2.10. The smallest absolute Gasteiger partial charge is 0.139 e. The molecule has 0 fully saturated rings.